The van der Waals surface area contributed by atoms with Gasteiger partial charge in [0.2, 0.25) is 0 Å². The van der Waals surface area contributed by atoms with Gasteiger partial charge in [-0.2, -0.15) is 5.10 Å². The van der Waals surface area contributed by atoms with E-state index in [1.807, 2.05) is 0 Å². The van der Waals surface area contributed by atoms with Crippen molar-refractivity contribution in [1.29, 1.82) is 0 Å². The number of carbonyl (C=O) groups excluding carboxylic acids is 1. The van der Waals surface area contributed by atoms with Gasteiger partial charge in [0.05, 0.1) is 24.3 Å². The van der Waals surface area contributed by atoms with Gasteiger partial charge in [-0.15, -0.1) is 0 Å². The molecule has 1 amide bonds. The molecule has 1 aliphatic heterocycles. The molecule has 5 rings (SSSR count). The fraction of sp³-hybridized carbons (Fsp3) is 0.143. The maximum atomic E-state index is 14.8. The van der Waals surface area contributed by atoms with Crippen LogP contribution >= 0.6 is 0 Å². The first kappa shape index (κ1) is 17.4. The number of aryl methyl sites for hydroxylation is 1. The topological polar surface area (TPSA) is 63.9 Å². The molecular weight excluding hydrogens is 376 g/mol. The summed E-state index contributed by atoms with van der Waals surface area (Å²) in [4.78, 5) is 22.3. The Morgan fingerprint density at radius 3 is 2.66 bits per heavy atom. The van der Waals surface area contributed by atoms with Crippen LogP contribution in [-0.4, -0.2) is 30.6 Å². The molecule has 0 saturated carbocycles. The zero-order chi connectivity index (χ0) is 20.1. The van der Waals surface area contributed by atoms with Gasteiger partial charge in [0.1, 0.15) is 11.6 Å². The number of hydrogen-bond donors (Lipinski definition) is 0. The number of nitrogens with zero attached hydrogens (tertiary/aromatic N) is 5. The number of fused-ring (bicyclic) bond motifs is 2. The second-order valence-electron chi connectivity index (χ2n) is 7.02. The molecule has 0 spiro atoms. The summed E-state index contributed by atoms with van der Waals surface area (Å²) in [5.41, 5.74) is 2.47. The fourth-order valence-corrected chi connectivity index (χ4v) is 3.61. The van der Waals surface area contributed by atoms with Crippen LogP contribution < -0.4 is 0 Å². The predicted octanol–water partition coefficient (Wildman–Crippen LogP) is 3.46. The van der Waals surface area contributed by atoms with Crippen molar-refractivity contribution in [3.05, 3.63) is 77.4 Å². The van der Waals surface area contributed by atoms with E-state index in [0.29, 0.717) is 28.0 Å². The lowest BCUT2D eigenvalue weighted by Crippen LogP contribution is -2.24. The highest BCUT2D eigenvalue weighted by atomic mass is 19.1. The van der Waals surface area contributed by atoms with Crippen LogP contribution in [0.1, 0.15) is 21.6 Å². The van der Waals surface area contributed by atoms with Crippen molar-refractivity contribution in [3.63, 3.8) is 0 Å². The molecule has 29 heavy (non-hydrogen) atoms. The third-order valence-corrected chi connectivity index (χ3v) is 5.05. The lowest BCUT2D eigenvalue weighted by molar-refractivity contribution is 0.0763. The van der Waals surface area contributed by atoms with Crippen molar-refractivity contribution in [1.82, 2.24) is 24.6 Å². The number of aromatic nitrogens is 4. The molecule has 0 unspecified atom stereocenters. The van der Waals surface area contributed by atoms with Crippen LogP contribution in [-0.2, 0) is 20.1 Å². The van der Waals surface area contributed by atoms with Crippen LogP contribution in [0.5, 0.6) is 0 Å². The summed E-state index contributed by atoms with van der Waals surface area (Å²) in [6.07, 6.45) is 4.92. The number of benzene rings is 1. The highest BCUT2D eigenvalue weighted by Crippen LogP contribution is 2.29. The molecule has 4 aromatic rings. The third kappa shape index (κ3) is 2.93. The quantitative estimate of drug-likeness (QED) is 0.537. The van der Waals surface area contributed by atoms with Gasteiger partial charge in [-0.25, -0.2) is 13.8 Å². The number of hydrogen-bond acceptors (Lipinski definition) is 4. The van der Waals surface area contributed by atoms with Gasteiger partial charge in [-0.3, -0.25) is 14.5 Å². The molecule has 0 radical (unpaired) electrons. The van der Waals surface area contributed by atoms with Gasteiger partial charge in [-0.1, -0.05) is 0 Å². The maximum Gasteiger partial charge on any atom is 0.256 e. The lowest BCUT2D eigenvalue weighted by Gasteiger charge is -2.17. The Morgan fingerprint density at radius 2 is 1.90 bits per heavy atom. The zero-order valence-electron chi connectivity index (χ0n) is 15.4. The van der Waals surface area contributed by atoms with Gasteiger partial charge in [0.25, 0.3) is 5.91 Å². The Labute approximate surface area is 164 Å². The minimum atomic E-state index is -0.706. The van der Waals surface area contributed by atoms with Gasteiger partial charge in [-0.05, 0) is 35.9 Å². The molecule has 8 heteroatoms. The Bertz CT molecular complexity index is 1260. The van der Waals surface area contributed by atoms with E-state index in [9.17, 15) is 13.6 Å². The Hall–Kier alpha value is -3.68. The minimum Gasteiger partial charge on any atom is -0.328 e. The number of halogens is 2. The van der Waals surface area contributed by atoms with Crippen LogP contribution in [0.4, 0.5) is 8.78 Å². The Balaban J connectivity index is 1.46. The Kier molecular flexibility index (Phi) is 3.87. The van der Waals surface area contributed by atoms with E-state index in [1.54, 1.807) is 42.3 Å². The highest BCUT2D eigenvalue weighted by Gasteiger charge is 2.29. The van der Waals surface area contributed by atoms with Crippen molar-refractivity contribution in [2.24, 2.45) is 7.05 Å². The summed E-state index contributed by atoms with van der Waals surface area (Å²) in [6.45, 7) is 0.0737. The van der Waals surface area contributed by atoms with E-state index in [4.69, 9.17) is 0 Å². The van der Waals surface area contributed by atoms with E-state index in [2.05, 4.69) is 15.1 Å². The van der Waals surface area contributed by atoms with Gasteiger partial charge in [0.15, 0.2) is 5.65 Å². The molecule has 0 aliphatic carbocycles. The molecule has 0 fully saturated rings. The largest absolute Gasteiger partial charge is 0.328 e. The van der Waals surface area contributed by atoms with Crippen molar-refractivity contribution >= 4 is 16.9 Å². The number of amides is 1. The lowest BCUT2D eigenvalue weighted by atomic mass is 10.0. The molecular formula is C21H15F2N5O. The van der Waals surface area contributed by atoms with E-state index in [-0.39, 0.29) is 24.6 Å². The SMILES string of the molecule is Cn1cc2cc(-c3cc(F)c(CN4Cc5ncccc5C4=O)c(F)c3)cnc2n1. The van der Waals surface area contributed by atoms with E-state index < -0.39 is 11.6 Å². The molecule has 6 nitrogen and oxygen atoms in total. The summed E-state index contributed by atoms with van der Waals surface area (Å²) in [5.74, 6) is -1.69. The molecule has 1 aliphatic rings. The predicted molar refractivity (Wildman–Crippen MR) is 102 cm³/mol. The summed E-state index contributed by atoms with van der Waals surface area (Å²) in [6, 6.07) is 7.66. The normalized spacial score (nSPS) is 13.3. The van der Waals surface area contributed by atoms with E-state index in [0.717, 1.165) is 5.39 Å². The molecule has 0 bridgehead atoms. The second kappa shape index (κ2) is 6.44. The first-order valence-electron chi connectivity index (χ1n) is 9.00. The van der Waals surface area contributed by atoms with E-state index in [1.165, 1.54) is 23.2 Å². The van der Waals surface area contributed by atoms with E-state index >= 15 is 0 Å². The number of pyridine rings is 2. The van der Waals surface area contributed by atoms with Crippen LogP contribution in [0.2, 0.25) is 0 Å². The van der Waals surface area contributed by atoms with Crippen molar-refractivity contribution in [3.8, 4) is 11.1 Å². The van der Waals surface area contributed by atoms with Gasteiger partial charge < -0.3 is 4.90 Å². The highest BCUT2D eigenvalue weighted by molar-refractivity contribution is 5.97. The first-order valence-corrected chi connectivity index (χ1v) is 9.00. The summed E-state index contributed by atoms with van der Waals surface area (Å²) < 4.78 is 31.2. The first-order chi connectivity index (χ1) is 14.0. The maximum absolute atomic E-state index is 14.8. The molecule has 1 aromatic carbocycles. The van der Waals surface area contributed by atoms with Crippen molar-refractivity contribution in [2.45, 2.75) is 13.1 Å². The van der Waals surface area contributed by atoms with Crippen LogP contribution in [0.25, 0.3) is 22.2 Å². The average molecular weight is 391 g/mol. The van der Waals surface area contributed by atoms with Crippen molar-refractivity contribution < 1.29 is 13.6 Å². The smallest absolute Gasteiger partial charge is 0.256 e. The van der Waals surface area contributed by atoms with Crippen LogP contribution in [0.3, 0.4) is 0 Å². The summed E-state index contributed by atoms with van der Waals surface area (Å²) >= 11 is 0. The Morgan fingerprint density at radius 1 is 1.10 bits per heavy atom. The minimum absolute atomic E-state index is 0.148. The van der Waals surface area contributed by atoms with Gasteiger partial charge >= 0.3 is 0 Å². The molecule has 144 valence electrons. The molecule has 0 saturated heterocycles. The van der Waals surface area contributed by atoms with Crippen molar-refractivity contribution in [2.75, 3.05) is 0 Å². The standard InChI is InChI=1S/C21H15F2N5O/c1-27-9-14-5-13(8-25-20(14)26-27)12-6-17(22)16(18(23)7-12)10-28-11-19-15(21(28)29)3-2-4-24-19/h2-9H,10-11H2,1H3. The van der Waals surface area contributed by atoms with Crippen LogP contribution in [0, 0.1) is 11.6 Å². The van der Waals surface area contributed by atoms with Gasteiger partial charge in [0, 0.05) is 42.2 Å². The monoisotopic (exact) mass is 391 g/mol. The third-order valence-electron chi connectivity index (χ3n) is 5.05. The number of carbonyl (C=O) groups is 1. The van der Waals surface area contributed by atoms with Crippen LogP contribution in [0.15, 0.2) is 48.9 Å². The molecule has 4 heterocycles. The molecule has 3 aromatic heterocycles. The summed E-state index contributed by atoms with van der Waals surface area (Å²) in [5, 5.41) is 4.97. The second-order valence-corrected chi connectivity index (χ2v) is 7.02. The number of rotatable bonds is 3. The fourth-order valence-electron chi connectivity index (χ4n) is 3.61. The average Bonchev–Trinajstić information content (AvgIpc) is 3.23. The molecule has 0 atom stereocenters. The summed E-state index contributed by atoms with van der Waals surface area (Å²) in [7, 11) is 1.78. The zero-order valence-corrected chi connectivity index (χ0v) is 15.4. The molecule has 0 N–H and O–H groups in total.